The second-order valence-corrected chi connectivity index (χ2v) is 5.45. The molecule has 0 amide bonds. The maximum Gasteiger partial charge on any atom is 0.144 e. The third kappa shape index (κ3) is 4.42. The minimum atomic E-state index is 0.423. The lowest BCUT2D eigenvalue weighted by molar-refractivity contribution is 0.0381. The molecule has 0 saturated carbocycles. The first-order chi connectivity index (χ1) is 9.71. The van der Waals surface area contributed by atoms with Crippen molar-refractivity contribution >= 4 is 5.82 Å². The Morgan fingerprint density at radius 2 is 2.10 bits per heavy atom. The number of aryl methyl sites for hydroxylation is 1. The Bertz CT molecular complexity index is 416. The zero-order valence-electron chi connectivity index (χ0n) is 12.9. The van der Waals surface area contributed by atoms with Crippen molar-refractivity contribution in [1.29, 1.82) is 0 Å². The lowest BCUT2D eigenvalue weighted by atomic mass is 10.1. The summed E-state index contributed by atoms with van der Waals surface area (Å²) in [6, 6.07) is 2.01. The topological polar surface area (TPSA) is 50.3 Å². The number of nitrogens with one attached hydrogen (secondary N) is 1. The van der Waals surface area contributed by atoms with Gasteiger partial charge in [0.2, 0.25) is 0 Å². The summed E-state index contributed by atoms with van der Waals surface area (Å²) >= 11 is 0. The first-order valence-corrected chi connectivity index (χ1v) is 7.55. The highest BCUT2D eigenvalue weighted by molar-refractivity contribution is 5.35. The molecule has 0 atom stereocenters. The minimum absolute atomic E-state index is 0.423. The minimum Gasteiger partial charge on any atom is -0.381 e. The number of hydrogen-bond donors (Lipinski definition) is 1. The molecule has 112 valence electrons. The fourth-order valence-corrected chi connectivity index (χ4v) is 2.55. The highest BCUT2D eigenvalue weighted by Crippen LogP contribution is 2.15. The van der Waals surface area contributed by atoms with Crippen molar-refractivity contribution in [2.45, 2.75) is 45.8 Å². The lowest BCUT2D eigenvalue weighted by Crippen LogP contribution is -2.36. The molecule has 2 heterocycles. The van der Waals surface area contributed by atoms with Gasteiger partial charge in [0.25, 0.3) is 0 Å². The van der Waals surface area contributed by atoms with Gasteiger partial charge in [0, 0.05) is 38.5 Å². The summed E-state index contributed by atoms with van der Waals surface area (Å²) in [6.07, 6.45) is 3.72. The highest BCUT2D eigenvalue weighted by Gasteiger charge is 2.19. The fraction of sp³-hybridized carbons (Fsp3) is 0.733. The Morgan fingerprint density at radius 1 is 1.35 bits per heavy atom. The zero-order valence-corrected chi connectivity index (χ0v) is 12.9. The van der Waals surface area contributed by atoms with E-state index in [0.29, 0.717) is 6.10 Å². The SMILES string of the molecule is CCCNc1cc(C)nc(CN2CCC(OC)CC2)n1. The molecule has 1 aromatic rings. The third-order valence-electron chi connectivity index (χ3n) is 3.69. The number of aromatic nitrogens is 2. The molecular formula is C15H26N4O. The van der Waals surface area contributed by atoms with Crippen LogP contribution in [0.25, 0.3) is 0 Å². The molecular weight excluding hydrogens is 252 g/mol. The second-order valence-electron chi connectivity index (χ2n) is 5.45. The Hall–Kier alpha value is -1.20. The van der Waals surface area contributed by atoms with Crippen molar-refractivity contribution in [1.82, 2.24) is 14.9 Å². The monoisotopic (exact) mass is 278 g/mol. The predicted octanol–water partition coefficient (Wildman–Crippen LogP) is 2.22. The standard InChI is InChI=1S/C15H26N4O/c1-4-7-16-14-10-12(2)17-15(18-14)11-19-8-5-13(20-3)6-9-19/h10,13H,4-9,11H2,1-3H3,(H,16,17,18). The van der Waals surface area contributed by atoms with Crippen LogP contribution < -0.4 is 5.32 Å². The molecule has 0 spiro atoms. The Labute approximate surface area is 121 Å². The maximum absolute atomic E-state index is 5.40. The van der Waals surface area contributed by atoms with Crippen LogP contribution in [0.15, 0.2) is 6.07 Å². The summed E-state index contributed by atoms with van der Waals surface area (Å²) in [5.74, 6) is 1.86. The number of anilines is 1. The molecule has 1 fully saturated rings. The number of ether oxygens (including phenoxy) is 1. The van der Waals surface area contributed by atoms with Crippen molar-refractivity contribution in [3.63, 3.8) is 0 Å². The van der Waals surface area contributed by atoms with E-state index in [1.807, 2.05) is 13.0 Å². The van der Waals surface area contributed by atoms with Crippen LogP contribution in [-0.4, -0.2) is 47.7 Å². The highest BCUT2D eigenvalue weighted by atomic mass is 16.5. The van der Waals surface area contributed by atoms with E-state index in [2.05, 4.69) is 27.1 Å². The Morgan fingerprint density at radius 3 is 2.75 bits per heavy atom. The Kier molecular flexibility index (Phi) is 5.73. The van der Waals surface area contributed by atoms with E-state index >= 15 is 0 Å². The van der Waals surface area contributed by atoms with Crippen molar-refractivity contribution < 1.29 is 4.74 Å². The summed E-state index contributed by atoms with van der Waals surface area (Å²) in [6.45, 7) is 8.09. The maximum atomic E-state index is 5.40. The van der Waals surface area contributed by atoms with E-state index in [1.165, 1.54) is 0 Å². The molecule has 1 aliphatic heterocycles. The molecule has 1 aliphatic rings. The third-order valence-corrected chi connectivity index (χ3v) is 3.69. The summed E-state index contributed by atoms with van der Waals surface area (Å²) in [4.78, 5) is 11.6. The first-order valence-electron chi connectivity index (χ1n) is 7.55. The molecule has 0 unspecified atom stereocenters. The average molecular weight is 278 g/mol. The smallest absolute Gasteiger partial charge is 0.144 e. The van der Waals surface area contributed by atoms with Gasteiger partial charge in [-0.05, 0) is 26.2 Å². The van der Waals surface area contributed by atoms with Gasteiger partial charge in [-0.3, -0.25) is 4.90 Å². The van der Waals surface area contributed by atoms with Gasteiger partial charge in [0.1, 0.15) is 11.6 Å². The molecule has 1 aromatic heterocycles. The van der Waals surface area contributed by atoms with E-state index in [-0.39, 0.29) is 0 Å². The van der Waals surface area contributed by atoms with E-state index in [4.69, 9.17) is 4.74 Å². The van der Waals surface area contributed by atoms with Crippen LogP contribution in [0, 0.1) is 6.92 Å². The van der Waals surface area contributed by atoms with Crippen LogP contribution in [0.1, 0.15) is 37.7 Å². The Balaban J connectivity index is 1.93. The van der Waals surface area contributed by atoms with E-state index < -0.39 is 0 Å². The average Bonchev–Trinajstić information content (AvgIpc) is 2.45. The molecule has 20 heavy (non-hydrogen) atoms. The van der Waals surface area contributed by atoms with Gasteiger partial charge in [-0.25, -0.2) is 9.97 Å². The number of methoxy groups -OCH3 is 1. The molecule has 1 saturated heterocycles. The molecule has 2 rings (SSSR count). The van der Waals surface area contributed by atoms with Crippen molar-refractivity contribution in [2.75, 3.05) is 32.1 Å². The van der Waals surface area contributed by atoms with Crippen molar-refractivity contribution in [3.8, 4) is 0 Å². The van der Waals surface area contributed by atoms with Gasteiger partial charge in [0.15, 0.2) is 0 Å². The van der Waals surface area contributed by atoms with Gasteiger partial charge in [0.05, 0.1) is 12.6 Å². The van der Waals surface area contributed by atoms with Crippen LogP contribution in [-0.2, 0) is 11.3 Å². The molecule has 0 radical (unpaired) electrons. The molecule has 0 aromatic carbocycles. The van der Waals surface area contributed by atoms with Crippen LogP contribution in [0.2, 0.25) is 0 Å². The van der Waals surface area contributed by atoms with Gasteiger partial charge in [-0.2, -0.15) is 0 Å². The second kappa shape index (κ2) is 7.55. The first kappa shape index (κ1) is 15.2. The quantitative estimate of drug-likeness (QED) is 0.864. The predicted molar refractivity (Wildman–Crippen MR) is 80.9 cm³/mol. The van der Waals surface area contributed by atoms with Crippen molar-refractivity contribution in [2.24, 2.45) is 0 Å². The van der Waals surface area contributed by atoms with E-state index in [9.17, 15) is 0 Å². The van der Waals surface area contributed by atoms with Gasteiger partial charge >= 0.3 is 0 Å². The number of likely N-dealkylation sites (tertiary alicyclic amines) is 1. The normalized spacial score (nSPS) is 17.4. The lowest BCUT2D eigenvalue weighted by Gasteiger charge is -2.30. The number of hydrogen-bond acceptors (Lipinski definition) is 5. The summed E-state index contributed by atoms with van der Waals surface area (Å²) in [7, 11) is 1.80. The largest absolute Gasteiger partial charge is 0.381 e. The van der Waals surface area contributed by atoms with Gasteiger partial charge < -0.3 is 10.1 Å². The van der Waals surface area contributed by atoms with Crippen LogP contribution in [0.5, 0.6) is 0 Å². The van der Waals surface area contributed by atoms with Crippen LogP contribution >= 0.6 is 0 Å². The van der Waals surface area contributed by atoms with Crippen molar-refractivity contribution in [3.05, 3.63) is 17.6 Å². The van der Waals surface area contributed by atoms with Crippen LogP contribution in [0.3, 0.4) is 0 Å². The van der Waals surface area contributed by atoms with Gasteiger partial charge in [-0.15, -0.1) is 0 Å². The van der Waals surface area contributed by atoms with E-state index in [1.54, 1.807) is 7.11 Å². The van der Waals surface area contributed by atoms with E-state index in [0.717, 1.165) is 62.8 Å². The molecule has 0 aliphatic carbocycles. The summed E-state index contributed by atoms with van der Waals surface area (Å²) in [5.41, 5.74) is 1.03. The zero-order chi connectivity index (χ0) is 14.4. The summed E-state index contributed by atoms with van der Waals surface area (Å²) in [5, 5.41) is 3.34. The number of piperidine rings is 1. The van der Waals surface area contributed by atoms with Gasteiger partial charge in [-0.1, -0.05) is 6.92 Å². The fourth-order valence-electron chi connectivity index (χ4n) is 2.55. The molecule has 5 heteroatoms. The number of rotatable bonds is 6. The summed E-state index contributed by atoms with van der Waals surface area (Å²) < 4.78 is 5.40. The molecule has 0 bridgehead atoms. The number of nitrogens with zero attached hydrogens (tertiary/aromatic N) is 3. The molecule has 5 nitrogen and oxygen atoms in total. The van der Waals surface area contributed by atoms with Crippen LogP contribution in [0.4, 0.5) is 5.82 Å². The molecule has 1 N–H and O–H groups in total.